The molecule has 0 aliphatic carbocycles. The van der Waals surface area contributed by atoms with E-state index >= 15 is 0 Å². The van der Waals surface area contributed by atoms with Gasteiger partial charge in [-0.1, -0.05) is 76.2 Å². The van der Waals surface area contributed by atoms with E-state index in [1.54, 1.807) is 14.2 Å². The first-order valence-corrected chi connectivity index (χ1v) is 16.0. The summed E-state index contributed by atoms with van der Waals surface area (Å²) in [4.78, 5) is 0. The molecular formula is C37H46N7O2+. The second-order valence-corrected chi connectivity index (χ2v) is 14.7. The molecule has 0 amide bonds. The van der Waals surface area contributed by atoms with Crippen LogP contribution in [0.25, 0.3) is 11.4 Å². The summed E-state index contributed by atoms with van der Waals surface area (Å²) in [6.07, 6.45) is 5.02. The van der Waals surface area contributed by atoms with Gasteiger partial charge < -0.3 is 14.0 Å². The third-order valence-corrected chi connectivity index (χ3v) is 9.14. The number of methoxy groups -OCH3 is 2. The van der Waals surface area contributed by atoms with Crippen molar-refractivity contribution in [3.05, 3.63) is 107 Å². The van der Waals surface area contributed by atoms with E-state index in [-0.39, 0.29) is 10.8 Å². The first kappa shape index (κ1) is 31.5. The van der Waals surface area contributed by atoms with Crippen LogP contribution in [0.3, 0.4) is 0 Å². The van der Waals surface area contributed by atoms with Crippen LogP contribution in [0.4, 0.5) is 0 Å². The number of aromatic nitrogens is 6. The van der Waals surface area contributed by atoms with Gasteiger partial charge in [0, 0.05) is 12.0 Å². The van der Waals surface area contributed by atoms with Crippen molar-refractivity contribution in [1.82, 2.24) is 30.0 Å². The summed E-state index contributed by atoms with van der Waals surface area (Å²) in [5.41, 5.74) is 9.18. The molecule has 0 fully saturated rings. The van der Waals surface area contributed by atoms with Crippen LogP contribution >= 0.6 is 0 Å². The summed E-state index contributed by atoms with van der Waals surface area (Å²) >= 11 is 0. The Morgan fingerprint density at radius 1 is 0.652 bits per heavy atom. The fourth-order valence-corrected chi connectivity index (χ4v) is 6.38. The van der Waals surface area contributed by atoms with E-state index in [0.29, 0.717) is 13.1 Å². The molecule has 0 unspecified atom stereocenters. The number of nitrogens with zero attached hydrogens (tertiary/aromatic N) is 7. The molecular weight excluding hydrogens is 574 g/mol. The minimum Gasteiger partial charge on any atom is -0.493 e. The number of hydrogen-bond acceptors (Lipinski definition) is 6. The number of benzene rings is 3. The van der Waals surface area contributed by atoms with Crippen molar-refractivity contribution in [3.63, 3.8) is 0 Å². The zero-order valence-electron chi connectivity index (χ0n) is 28.4. The summed E-state index contributed by atoms with van der Waals surface area (Å²) in [5, 5.41) is 18.4. The molecule has 46 heavy (non-hydrogen) atoms. The van der Waals surface area contributed by atoms with Gasteiger partial charge in [-0.15, -0.1) is 10.2 Å². The van der Waals surface area contributed by atoms with E-state index in [1.165, 1.54) is 22.3 Å². The third kappa shape index (κ3) is 6.56. The van der Waals surface area contributed by atoms with Crippen LogP contribution in [0.1, 0.15) is 75.2 Å². The quantitative estimate of drug-likeness (QED) is 0.179. The van der Waals surface area contributed by atoms with Crippen LogP contribution in [-0.2, 0) is 36.9 Å². The SMILES string of the molecule is COc1cc2c(cc1OC)C[N+](Cc1cn(-c3ccc(C(C)(C)C)cc3)nn1)(Cc1cn(-c3ccc(C(C)(C)C)cc3)nn1)CC2. The molecule has 5 aromatic rings. The molecule has 1 aliphatic heterocycles. The lowest BCUT2D eigenvalue weighted by Gasteiger charge is -2.41. The third-order valence-electron chi connectivity index (χ3n) is 9.14. The van der Waals surface area contributed by atoms with Gasteiger partial charge >= 0.3 is 0 Å². The molecule has 9 nitrogen and oxygen atoms in total. The lowest BCUT2D eigenvalue weighted by atomic mass is 9.87. The zero-order chi connectivity index (χ0) is 32.7. The fraction of sp³-hybridized carbons (Fsp3) is 0.405. The minimum absolute atomic E-state index is 0.0949. The summed E-state index contributed by atoms with van der Waals surface area (Å²) < 4.78 is 15.8. The van der Waals surface area contributed by atoms with Crippen LogP contribution in [-0.4, -0.2) is 55.2 Å². The number of ether oxygens (including phenoxy) is 2. The van der Waals surface area contributed by atoms with E-state index in [9.17, 15) is 0 Å². The molecule has 2 aromatic heterocycles. The van der Waals surface area contributed by atoms with Crippen molar-refractivity contribution in [2.75, 3.05) is 20.8 Å². The molecule has 3 aromatic carbocycles. The van der Waals surface area contributed by atoms with Crippen molar-refractivity contribution in [2.24, 2.45) is 0 Å². The summed E-state index contributed by atoms with van der Waals surface area (Å²) in [6, 6.07) is 21.4. The zero-order valence-corrected chi connectivity index (χ0v) is 28.4. The maximum absolute atomic E-state index is 5.69. The van der Waals surface area contributed by atoms with Gasteiger partial charge in [0.05, 0.1) is 44.5 Å². The number of hydrogen-bond donors (Lipinski definition) is 0. The van der Waals surface area contributed by atoms with Crippen molar-refractivity contribution < 1.29 is 14.0 Å². The highest BCUT2D eigenvalue weighted by Gasteiger charge is 2.36. The van der Waals surface area contributed by atoms with Gasteiger partial charge in [0.2, 0.25) is 0 Å². The lowest BCUT2D eigenvalue weighted by Crippen LogP contribution is -2.49. The molecule has 0 bridgehead atoms. The first-order chi connectivity index (χ1) is 21.9. The number of rotatable bonds is 8. The Morgan fingerprint density at radius 3 is 1.50 bits per heavy atom. The number of fused-ring (bicyclic) bond motifs is 1. The monoisotopic (exact) mass is 620 g/mol. The first-order valence-electron chi connectivity index (χ1n) is 16.0. The van der Waals surface area contributed by atoms with Gasteiger partial charge in [-0.05, 0) is 63.9 Å². The van der Waals surface area contributed by atoms with Crippen molar-refractivity contribution in [1.29, 1.82) is 0 Å². The minimum atomic E-state index is 0.0949. The summed E-state index contributed by atoms with van der Waals surface area (Å²) in [6.45, 7) is 16.5. The maximum atomic E-state index is 5.69. The van der Waals surface area contributed by atoms with E-state index < -0.39 is 0 Å². The molecule has 0 saturated carbocycles. The molecule has 0 N–H and O–H groups in total. The predicted octanol–water partition coefficient (Wildman–Crippen LogP) is 6.73. The second-order valence-electron chi connectivity index (χ2n) is 14.7. The molecule has 0 spiro atoms. The van der Waals surface area contributed by atoms with E-state index in [4.69, 9.17) is 9.47 Å². The standard InChI is InChI=1S/C37H46N7O2/c1-36(2,3)28-9-13-32(14-10-28)42-21-30(38-40-42)24-44(18-17-26-19-34(45-7)35(46-8)20-27(26)23-44)25-31-22-43(41-39-31)33-15-11-29(12-16-33)37(4,5)6/h9-16,19-22H,17-18,23-25H2,1-8H3/q+1. The molecule has 9 heteroatoms. The van der Waals surface area contributed by atoms with Crippen molar-refractivity contribution in [3.8, 4) is 22.9 Å². The molecule has 0 radical (unpaired) electrons. The maximum Gasteiger partial charge on any atom is 0.161 e. The molecule has 3 heterocycles. The molecule has 0 atom stereocenters. The molecule has 1 aliphatic rings. The lowest BCUT2D eigenvalue weighted by molar-refractivity contribution is -0.968. The van der Waals surface area contributed by atoms with Crippen LogP contribution < -0.4 is 9.47 Å². The van der Waals surface area contributed by atoms with Crippen LogP contribution in [0, 0.1) is 0 Å². The Hall–Kier alpha value is -4.50. The molecule has 0 saturated heterocycles. The number of quaternary nitrogens is 1. The Morgan fingerprint density at radius 2 is 1.09 bits per heavy atom. The van der Waals surface area contributed by atoms with Gasteiger partial charge in [-0.25, -0.2) is 9.36 Å². The second kappa shape index (κ2) is 12.0. The average molecular weight is 621 g/mol. The molecule has 6 rings (SSSR count). The van der Waals surface area contributed by atoms with E-state index in [1.807, 2.05) is 9.36 Å². The Balaban J connectivity index is 1.30. The van der Waals surface area contributed by atoms with Crippen molar-refractivity contribution >= 4 is 0 Å². The topological polar surface area (TPSA) is 79.9 Å². The van der Waals surface area contributed by atoms with Gasteiger partial charge in [0.1, 0.15) is 31.0 Å². The van der Waals surface area contributed by atoms with Crippen molar-refractivity contribution in [2.45, 2.75) is 78.4 Å². The largest absolute Gasteiger partial charge is 0.493 e. The van der Waals surface area contributed by atoms with E-state index in [0.717, 1.165) is 58.3 Å². The molecule has 240 valence electrons. The highest BCUT2D eigenvalue weighted by atomic mass is 16.5. The Kier molecular flexibility index (Phi) is 8.23. The summed E-state index contributed by atoms with van der Waals surface area (Å²) in [5.74, 6) is 1.51. The Labute approximate surface area is 272 Å². The van der Waals surface area contributed by atoms with Gasteiger partial charge in [0.15, 0.2) is 11.5 Å². The fourth-order valence-electron chi connectivity index (χ4n) is 6.38. The average Bonchev–Trinajstić information content (AvgIpc) is 3.69. The smallest absolute Gasteiger partial charge is 0.161 e. The van der Waals surface area contributed by atoms with Crippen LogP contribution in [0.5, 0.6) is 11.5 Å². The summed E-state index contributed by atoms with van der Waals surface area (Å²) in [7, 11) is 3.38. The van der Waals surface area contributed by atoms with Gasteiger partial charge in [-0.3, -0.25) is 0 Å². The van der Waals surface area contributed by atoms with Gasteiger partial charge in [0.25, 0.3) is 0 Å². The van der Waals surface area contributed by atoms with Crippen LogP contribution in [0.15, 0.2) is 73.1 Å². The van der Waals surface area contributed by atoms with Gasteiger partial charge in [-0.2, -0.15) is 0 Å². The highest BCUT2D eigenvalue weighted by Crippen LogP contribution is 2.37. The normalized spacial score (nSPS) is 14.6. The highest BCUT2D eigenvalue weighted by molar-refractivity contribution is 5.48. The predicted molar refractivity (Wildman–Crippen MR) is 180 cm³/mol. The van der Waals surface area contributed by atoms with E-state index in [2.05, 4.69) is 135 Å². The Bertz CT molecular complexity index is 1710. The van der Waals surface area contributed by atoms with Crippen LogP contribution in [0.2, 0.25) is 0 Å².